The first-order chi connectivity index (χ1) is 13.2. The third-order valence-electron chi connectivity index (χ3n) is 3.12. The molecule has 170 valence electrons. The van der Waals surface area contributed by atoms with Gasteiger partial charge in [0.25, 0.3) is 0 Å². The van der Waals surface area contributed by atoms with Crippen molar-refractivity contribution in [3.05, 3.63) is 39.9 Å². The second-order valence-electron chi connectivity index (χ2n) is 5.29. The molecule has 0 radical (unpaired) electrons. The zero-order valence-corrected chi connectivity index (χ0v) is 15.3. The second-order valence-corrected chi connectivity index (χ2v) is 7.56. The van der Waals surface area contributed by atoms with Crippen molar-refractivity contribution in [3.63, 3.8) is 0 Å². The Balaban J connectivity index is 3.65. The summed E-state index contributed by atoms with van der Waals surface area (Å²) >= 11 is 4.22. The van der Waals surface area contributed by atoms with Crippen molar-refractivity contribution in [2.24, 2.45) is 5.73 Å². The lowest BCUT2D eigenvalue weighted by Gasteiger charge is -2.18. The fourth-order valence-corrected chi connectivity index (χ4v) is 3.32. The number of nitrogens with two attached hydrogens (primary N) is 1. The number of hydrogen-bond acceptors (Lipinski definition) is 4. The second kappa shape index (κ2) is 8.16. The smallest absolute Gasteiger partial charge is 0.394 e. The molecule has 0 aromatic heterocycles. The lowest BCUT2D eigenvalue weighted by molar-refractivity contribution is -0.143. The summed E-state index contributed by atoms with van der Waals surface area (Å²) < 4.78 is 164. The van der Waals surface area contributed by atoms with Crippen LogP contribution in [-0.2, 0) is 22.2 Å². The molecule has 0 unspecified atom stereocenters. The molecule has 0 spiro atoms. The molecule has 1 aromatic carbocycles. The normalized spacial score (nSPS) is 14.5. The summed E-state index contributed by atoms with van der Waals surface area (Å²) in [4.78, 5) is -4.21. The van der Waals surface area contributed by atoms with Crippen LogP contribution < -0.4 is 11.1 Å². The summed E-state index contributed by atoms with van der Waals surface area (Å²) in [5, 5.41) is 1.36. The highest BCUT2D eigenvalue weighted by Gasteiger charge is 2.43. The molecule has 0 saturated heterocycles. The van der Waals surface area contributed by atoms with Gasteiger partial charge in [0.05, 0.1) is 11.1 Å². The number of sulfone groups is 1. The standard InChI is InChI=1S/C13H7F11N2O2S2/c14-10(15)30(27,28)7(8(25)13(22,23)24)9(29)26-6-2-4(11(16,17)18)1-5(3-6)12(19,20)21/h1-3,10H,25H2,(H,26,29)/b8-7+. The maximum Gasteiger partial charge on any atom is 0.432 e. The highest BCUT2D eigenvalue weighted by atomic mass is 32.2. The molecule has 0 aliphatic heterocycles. The largest absolute Gasteiger partial charge is 0.432 e. The average Bonchev–Trinajstić information content (AvgIpc) is 2.51. The molecule has 0 bridgehead atoms. The first kappa shape index (κ1) is 25.9. The van der Waals surface area contributed by atoms with E-state index in [0.29, 0.717) is 0 Å². The van der Waals surface area contributed by atoms with E-state index >= 15 is 0 Å². The van der Waals surface area contributed by atoms with E-state index in [1.54, 1.807) is 0 Å². The number of nitrogens with one attached hydrogen (secondary N) is 1. The fourth-order valence-electron chi connectivity index (χ4n) is 1.84. The van der Waals surface area contributed by atoms with Gasteiger partial charge in [0, 0.05) is 5.69 Å². The molecule has 0 aliphatic carbocycles. The van der Waals surface area contributed by atoms with Gasteiger partial charge in [0.2, 0.25) is 9.84 Å². The van der Waals surface area contributed by atoms with Crippen molar-refractivity contribution in [1.29, 1.82) is 0 Å². The van der Waals surface area contributed by atoms with Crippen molar-refractivity contribution in [2.45, 2.75) is 24.3 Å². The van der Waals surface area contributed by atoms with Crippen LogP contribution in [0.25, 0.3) is 0 Å². The molecule has 0 aliphatic rings. The van der Waals surface area contributed by atoms with Gasteiger partial charge < -0.3 is 11.1 Å². The van der Waals surface area contributed by atoms with Crippen LogP contribution >= 0.6 is 12.2 Å². The molecule has 0 fully saturated rings. The van der Waals surface area contributed by atoms with Crippen LogP contribution in [0.5, 0.6) is 0 Å². The Hall–Kier alpha value is -2.17. The zero-order chi connectivity index (χ0) is 23.9. The van der Waals surface area contributed by atoms with E-state index in [-0.39, 0.29) is 18.2 Å². The highest BCUT2D eigenvalue weighted by molar-refractivity contribution is 7.98. The van der Waals surface area contributed by atoms with E-state index in [1.807, 2.05) is 0 Å². The van der Waals surface area contributed by atoms with Gasteiger partial charge in [0.1, 0.15) is 15.6 Å². The van der Waals surface area contributed by atoms with E-state index in [1.165, 1.54) is 5.32 Å². The van der Waals surface area contributed by atoms with Crippen LogP contribution in [0.15, 0.2) is 28.8 Å². The quantitative estimate of drug-likeness (QED) is 0.355. The van der Waals surface area contributed by atoms with Crippen molar-refractivity contribution < 1.29 is 56.7 Å². The van der Waals surface area contributed by atoms with Crippen LogP contribution in [0.2, 0.25) is 0 Å². The van der Waals surface area contributed by atoms with Gasteiger partial charge in [-0.15, -0.1) is 0 Å². The Morgan fingerprint density at radius 1 is 0.900 bits per heavy atom. The van der Waals surface area contributed by atoms with Crippen LogP contribution in [0.4, 0.5) is 54.0 Å². The zero-order valence-electron chi connectivity index (χ0n) is 13.7. The maximum absolute atomic E-state index is 12.8. The van der Waals surface area contributed by atoms with E-state index < -0.39 is 66.5 Å². The molecule has 3 N–H and O–H groups in total. The summed E-state index contributed by atoms with van der Waals surface area (Å²) in [7, 11) is -6.16. The summed E-state index contributed by atoms with van der Waals surface area (Å²) in [6, 6.07) is -0.458. The Morgan fingerprint density at radius 3 is 1.60 bits per heavy atom. The molecule has 0 atom stereocenters. The van der Waals surface area contributed by atoms with Crippen LogP contribution in [0.1, 0.15) is 11.1 Å². The molecule has 0 amide bonds. The number of alkyl halides is 11. The van der Waals surface area contributed by atoms with Gasteiger partial charge in [-0.3, -0.25) is 0 Å². The number of anilines is 1. The van der Waals surface area contributed by atoms with Gasteiger partial charge in [-0.25, -0.2) is 8.42 Å². The van der Waals surface area contributed by atoms with Crippen molar-refractivity contribution in [1.82, 2.24) is 0 Å². The SMILES string of the molecule is N/C(=C(\C(=S)Nc1cc(C(F)(F)F)cc(C(F)(F)F)c1)S(=O)(=O)C(F)F)C(F)(F)F. The fraction of sp³-hybridized carbons (Fsp3) is 0.308. The molecule has 0 heterocycles. The third kappa shape index (κ3) is 5.93. The third-order valence-corrected chi connectivity index (χ3v) is 5.02. The van der Waals surface area contributed by atoms with Crippen molar-refractivity contribution >= 4 is 32.7 Å². The molecule has 0 saturated carbocycles. The Morgan fingerprint density at radius 2 is 1.30 bits per heavy atom. The molecule has 1 rings (SSSR count). The van der Waals surface area contributed by atoms with Gasteiger partial charge in [-0.1, -0.05) is 12.2 Å². The minimum Gasteiger partial charge on any atom is -0.394 e. The van der Waals surface area contributed by atoms with Crippen LogP contribution in [-0.4, -0.2) is 25.3 Å². The lowest BCUT2D eigenvalue weighted by atomic mass is 10.1. The lowest BCUT2D eigenvalue weighted by Crippen LogP contribution is -2.32. The van der Waals surface area contributed by atoms with E-state index in [9.17, 15) is 56.7 Å². The Kier molecular flexibility index (Phi) is 7.04. The number of thiocarbonyl (C=S) groups is 1. The van der Waals surface area contributed by atoms with Crippen molar-refractivity contribution in [3.8, 4) is 0 Å². The average molecular weight is 496 g/mol. The van der Waals surface area contributed by atoms with E-state index in [0.717, 1.165) is 0 Å². The molecular formula is C13H7F11N2O2S2. The molecule has 17 heteroatoms. The first-order valence-corrected chi connectivity index (χ1v) is 8.84. The van der Waals surface area contributed by atoms with Gasteiger partial charge in [0.15, 0.2) is 0 Å². The minimum atomic E-state index is -6.16. The maximum atomic E-state index is 12.8. The predicted molar refractivity (Wildman–Crippen MR) is 84.9 cm³/mol. The first-order valence-electron chi connectivity index (χ1n) is 6.89. The topological polar surface area (TPSA) is 72.2 Å². The summed E-state index contributed by atoms with van der Waals surface area (Å²) in [6.45, 7) is 0. The summed E-state index contributed by atoms with van der Waals surface area (Å²) in [5.74, 6) is -4.49. The summed E-state index contributed by atoms with van der Waals surface area (Å²) in [5.41, 5.74) is -3.27. The van der Waals surface area contributed by atoms with Gasteiger partial charge >= 0.3 is 24.3 Å². The molecule has 4 nitrogen and oxygen atoms in total. The van der Waals surface area contributed by atoms with Gasteiger partial charge in [-0.05, 0) is 18.2 Å². The van der Waals surface area contributed by atoms with E-state index in [4.69, 9.17) is 0 Å². The number of hydrogen-bond donors (Lipinski definition) is 2. The number of benzene rings is 1. The van der Waals surface area contributed by atoms with Crippen LogP contribution in [0, 0.1) is 0 Å². The Bertz CT molecular complexity index is 929. The summed E-state index contributed by atoms with van der Waals surface area (Å²) in [6.07, 6.45) is -16.5. The van der Waals surface area contributed by atoms with Crippen LogP contribution in [0.3, 0.4) is 0 Å². The molecule has 30 heavy (non-hydrogen) atoms. The number of halogens is 11. The van der Waals surface area contributed by atoms with Crippen molar-refractivity contribution in [2.75, 3.05) is 5.32 Å². The molecular weight excluding hydrogens is 489 g/mol. The van der Waals surface area contributed by atoms with Gasteiger partial charge in [-0.2, -0.15) is 48.3 Å². The number of rotatable bonds is 4. The monoisotopic (exact) mass is 496 g/mol. The van der Waals surface area contributed by atoms with E-state index in [2.05, 4.69) is 18.0 Å². The highest BCUT2D eigenvalue weighted by Crippen LogP contribution is 2.38. The molecule has 1 aromatic rings. The Labute approximate surface area is 165 Å². The predicted octanol–water partition coefficient (Wildman–Crippen LogP) is 4.83. The number of allylic oxidation sites excluding steroid dienone is 1. The minimum absolute atomic E-state index is 0.0576.